The molecule has 2 nitrogen and oxygen atoms in total. The second-order valence-corrected chi connectivity index (χ2v) is 5.08. The van der Waals surface area contributed by atoms with Gasteiger partial charge >= 0.3 is 0 Å². The van der Waals surface area contributed by atoms with Crippen LogP contribution in [-0.2, 0) is 0 Å². The monoisotopic (exact) mass is 218 g/mol. The fraction of sp³-hybridized carbons (Fsp3) is 0.643. The van der Waals surface area contributed by atoms with Crippen LogP contribution in [0.5, 0.6) is 0 Å². The van der Waals surface area contributed by atoms with Crippen molar-refractivity contribution < 1.29 is 0 Å². The Morgan fingerprint density at radius 3 is 2.69 bits per heavy atom. The van der Waals surface area contributed by atoms with Crippen molar-refractivity contribution in [1.29, 1.82) is 0 Å². The first-order chi connectivity index (χ1) is 7.75. The van der Waals surface area contributed by atoms with Gasteiger partial charge in [0.25, 0.3) is 0 Å². The van der Waals surface area contributed by atoms with E-state index in [-0.39, 0.29) is 6.04 Å². The molecule has 0 radical (unpaired) electrons. The van der Waals surface area contributed by atoms with Gasteiger partial charge in [0.1, 0.15) is 0 Å². The average Bonchev–Trinajstić information content (AvgIpc) is 2.31. The van der Waals surface area contributed by atoms with E-state index in [0.29, 0.717) is 0 Å². The summed E-state index contributed by atoms with van der Waals surface area (Å²) in [7, 11) is 0. The van der Waals surface area contributed by atoms with Crippen LogP contribution in [-0.4, -0.2) is 4.98 Å². The van der Waals surface area contributed by atoms with Gasteiger partial charge in [-0.25, -0.2) is 0 Å². The maximum Gasteiger partial charge on any atom is 0.0372 e. The molecule has 1 atom stereocenters. The molecule has 16 heavy (non-hydrogen) atoms. The van der Waals surface area contributed by atoms with E-state index in [1.165, 1.54) is 37.7 Å². The first-order valence-electron chi connectivity index (χ1n) is 6.44. The van der Waals surface area contributed by atoms with Gasteiger partial charge in [0.15, 0.2) is 0 Å². The first kappa shape index (κ1) is 11.6. The van der Waals surface area contributed by atoms with Crippen molar-refractivity contribution in [2.24, 2.45) is 11.7 Å². The Hall–Kier alpha value is -0.890. The Labute approximate surface area is 98.3 Å². The third-order valence-corrected chi connectivity index (χ3v) is 3.67. The van der Waals surface area contributed by atoms with Gasteiger partial charge in [-0.1, -0.05) is 38.2 Å². The van der Waals surface area contributed by atoms with Crippen molar-refractivity contribution in [2.75, 3.05) is 0 Å². The van der Waals surface area contributed by atoms with Crippen molar-refractivity contribution in [3.63, 3.8) is 0 Å². The quantitative estimate of drug-likeness (QED) is 0.845. The summed E-state index contributed by atoms with van der Waals surface area (Å²) in [6.45, 7) is 2.01. The standard InChI is InChI=1S/C14H22N2/c1-11-7-8-13(10-16-11)14(15)9-12-5-3-2-4-6-12/h7-8,10,12,14H,2-6,9,15H2,1H3. The minimum absolute atomic E-state index is 0.177. The number of rotatable bonds is 3. The van der Waals surface area contributed by atoms with Gasteiger partial charge < -0.3 is 5.73 Å². The summed E-state index contributed by atoms with van der Waals surface area (Å²) in [6.07, 6.45) is 10.00. The van der Waals surface area contributed by atoms with Crippen molar-refractivity contribution in [3.8, 4) is 0 Å². The van der Waals surface area contributed by atoms with Crippen molar-refractivity contribution in [2.45, 2.75) is 51.5 Å². The van der Waals surface area contributed by atoms with Crippen molar-refractivity contribution >= 4 is 0 Å². The summed E-state index contributed by atoms with van der Waals surface area (Å²) >= 11 is 0. The maximum absolute atomic E-state index is 6.24. The molecule has 1 aliphatic rings. The highest BCUT2D eigenvalue weighted by Gasteiger charge is 2.17. The molecular formula is C14H22N2. The Morgan fingerprint density at radius 1 is 1.31 bits per heavy atom. The molecule has 1 saturated carbocycles. The molecule has 88 valence electrons. The minimum atomic E-state index is 0.177. The van der Waals surface area contributed by atoms with Gasteiger partial charge in [0.05, 0.1) is 0 Å². The zero-order valence-corrected chi connectivity index (χ0v) is 10.2. The largest absolute Gasteiger partial charge is 0.324 e. The fourth-order valence-electron chi connectivity index (χ4n) is 2.62. The summed E-state index contributed by atoms with van der Waals surface area (Å²) in [6, 6.07) is 4.35. The van der Waals surface area contributed by atoms with E-state index >= 15 is 0 Å². The van der Waals surface area contributed by atoms with Crippen LogP contribution < -0.4 is 5.73 Å². The highest BCUT2D eigenvalue weighted by Crippen LogP contribution is 2.30. The zero-order valence-electron chi connectivity index (χ0n) is 10.2. The average molecular weight is 218 g/mol. The molecule has 0 amide bonds. The summed E-state index contributed by atoms with van der Waals surface area (Å²) in [5.41, 5.74) is 8.49. The summed E-state index contributed by atoms with van der Waals surface area (Å²) in [4.78, 5) is 4.31. The number of hydrogen-bond acceptors (Lipinski definition) is 2. The highest BCUT2D eigenvalue weighted by atomic mass is 14.7. The van der Waals surface area contributed by atoms with Crippen LogP contribution in [0.25, 0.3) is 0 Å². The van der Waals surface area contributed by atoms with Gasteiger partial charge in [-0.05, 0) is 30.9 Å². The molecule has 2 N–H and O–H groups in total. The SMILES string of the molecule is Cc1ccc(C(N)CC2CCCCC2)cn1. The summed E-state index contributed by atoms with van der Waals surface area (Å²) < 4.78 is 0. The normalized spacial score (nSPS) is 19.6. The van der Waals surface area contributed by atoms with Crippen LogP contribution >= 0.6 is 0 Å². The van der Waals surface area contributed by atoms with Crippen LogP contribution in [0.2, 0.25) is 0 Å². The molecule has 2 rings (SSSR count). The molecule has 0 aromatic carbocycles. The van der Waals surface area contributed by atoms with E-state index < -0.39 is 0 Å². The Bertz CT molecular complexity index is 312. The second-order valence-electron chi connectivity index (χ2n) is 5.08. The van der Waals surface area contributed by atoms with E-state index in [4.69, 9.17) is 5.73 Å². The topological polar surface area (TPSA) is 38.9 Å². The molecule has 1 aromatic rings. The van der Waals surface area contributed by atoms with E-state index in [9.17, 15) is 0 Å². The smallest absolute Gasteiger partial charge is 0.0372 e. The molecule has 1 unspecified atom stereocenters. The number of aryl methyl sites for hydroxylation is 1. The van der Waals surface area contributed by atoms with Gasteiger partial charge in [-0.15, -0.1) is 0 Å². The van der Waals surface area contributed by atoms with Crippen LogP contribution in [0.3, 0.4) is 0 Å². The lowest BCUT2D eigenvalue weighted by atomic mass is 9.84. The van der Waals surface area contributed by atoms with Crippen LogP contribution in [0.1, 0.15) is 55.8 Å². The predicted molar refractivity (Wildman–Crippen MR) is 67.1 cm³/mol. The van der Waals surface area contributed by atoms with Crippen molar-refractivity contribution in [3.05, 3.63) is 29.6 Å². The lowest BCUT2D eigenvalue weighted by Crippen LogP contribution is -2.17. The summed E-state index contributed by atoms with van der Waals surface area (Å²) in [5, 5.41) is 0. The van der Waals surface area contributed by atoms with Crippen molar-refractivity contribution in [1.82, 2.24) is 4.98 Å². The third-order valence-electron chi connectivity index (χ3n) is 3.67. The molecule has 0 saturated heterocycles. The number of nitrogens with two attached hydrogens (primary N) is 1. The minimum Gasteiger partial charge on any atom is -0.324 e. The highest BCUT2D eigenvalue weighted by molar-refractivity contribution is 5.16. The lowest BCUT2D eigenvalue weighted by molar-refractivity contribution is 0.319. The number of nitrogens with zero attached hydrogens (tertiary/aromatic N) is 1. The molecule has 0 aliphatic heterocycles. The molecule has 2 heteroatoms. The van der Waals surface area contributed by atoms with Crippen LogP contribution in [0.15, 0.2) is 18.3 Å². The van der Waals surface area contributed by atoms with E-state index in [1.54, 1.807) is 0 Å². The molecule has 1 aliphatic carbocycles. The maximum atomic E-state index is 6.24. The predicted octanol–water partition coefficient (Wildman–Crippen LogP) is 3.36. The molecule has 1 heterocycles. The van der Waals surface area contributed by atoms with Gasteiger partial charge in [-0.2, -0.15) is 0 Å². The molecule has 0 bridgehead atoms. The number of hydrogen-bond donors (Lipinski definition) is 1. The number of pyridine rings is 1. The fourth-order valence-corrected chi connectivity index (χ4v) is 2.62. The Morgan fingerprint density at radius 2 is 2.06 bits per heavy atom. The third kappa shape index (κ3) is 3.05. The molecule has 0 spiro atoms. The van der Waals surface area contributed by atoms with Gasteiger partial charge in [-0.3, -0.25) is 4.98 Å². The van der Waals surface area contributed by atoms with Crippen LogP contribution in [0.4, 0.5) is 0 Å². The summed E-state index contributed by atoms with van der Waals surface area (Å²) in [5.74, 6) is 0.838. The van der Waals surface area contributed by atoms with E-state index in [2.05, 4.69) is 17.1 Å². The number of aromatic nitrogens is 1. The molecule has 1 aromatic heterocycles. The Kier molecular flexibility index (Phi) is 3.94. The van der Waals surface area contributed by atoms with Gasteiger partial charge in [0.2, 0.25) is 0 Å². The second kappa shape index (κ2) is 5.44. The first-order valence-corrected chi connectivity index (χ1v) is 6.44. The van der Waals surface area contributed by atoms with Crippen LogP contribution in [0, 0.1) is 12.8 Å². The molecular weight excluding hydrogens is 196 g/mol. The lowest BCUT2D eigenvalue weighted by Gasteiger charge is -2.24. The van der Waals surface area contributed by atoms with Gasteiger partial charge in [0, 0.05) is 17.9 Å². The zero-order chi connectivity index (χ0) is 11.4. The van der Waals surface area contributed by atoms with E-state index in [1.807, 2.05) is 13.1 Å². The van der Waals surface area contributed by atoms with E-state index in [0.717, 1.165) is 18.0 Å². The Balaban J connectivity index is 1.91. The molecule has 1 fully saturated rings.